The van der Waals surface area contributed by atoms with E-state index in [2.05, 4.69) is 4.99 Å². The van der Waals surface area contributed by atoms with Crippen LogP contribution >= 0.6 is 11.6 Å². The van der Waals surface area contributed by atoms with Gasteiger partial charge in [-0.2, -0.15) is 0 Å². The van der Waals surface area contributed by atoms with Crippen LogP contribution in [0.4, 0.5) is 0 Å². The first-order valence-corrected chi connectivity index (χ1v) is 11.8. The first-order valence-electron chi connectivity index (χ1n) is 11.4. The molecule has 4 aromatic carbocycles. The molecular weight excluding hydrogens is 470 g/mol. The minimum absolute atomic E-state index is 0.0345. The summed E-state index contributed by atoms with van der Waals surface area (Å²) < 4.78 is 7.65. The average molecular weight is 490 g/mol. The van der Waals surface area contributed by atoms with Crippen LogP contribution in [0.3, 0.4) is 0 Å². The number of ether oxygens (including phenoxy) is 1. The number of imidazole rings is 1. The van der Waals surface area contributed by atoms with Crippen molar-refractivity contribution >= 4 is 23.8 Å². The summed E-state index contributed by atoms with van der Waals surface area (Å²) in [5, 5.41) is 13.9. The third kappa shape index (κ3) is 4.28. The molecule has 5 aromatic rings. The number of hydrogen-bond acceptors (Lipinski definition) is 4. The smallest absolute Gasteiger partial charge is 0.224 e. The minimum atomic E-state index is 0.0345. The summed E-state index contributed by atoms with van der Waals surface area (Å²) in [5.41, 5.74) is 2.82. The lowest BCUT2D eigenvalue weighted by atomic mass is 10.2. The Labute approximate surface area is 212 Å². The van der Waals surface area contributed by atoms with E-state index in [4.69, 9.17) is 21.3 Å². The third-order valence-electron chi connectivity index (χ3n) is 5.83. The van der Waals surface area contributed by atoms with Crippen molar-refractivity contribution in [2.75, 3.05) is 0 Å². The van der Waals surface area contributed by atoms with Gasteiger partial charge in [0.05, 0.1) is 16.7 Å². The molecule has 2 heterocycles. The van der Waals surface area contributed by atoms with Crippen LogP contribution in [0.2, 0.25) is 5.02 Å². The van der Waals surface area contributed by atoms with E-state index < -0.39 is 0 Å². The molecule has 1 aromatic heterocycles. The predicted molar refractivity (Wildman–Crippen MR) is 142 cm³/mol. The van der Waals surface area contributed by atoms with Gasteiger partial charge in [-0.3, -0.25) is 4.57 Å². The fourth-order valence-corrected chi connectivity index (χ4v) is 4.24. The second kappa shape index (κ2) is 9.21. The van der Waals surface area contributed by atoms with Gasteiger partial charge < -0.3 is 9.84 Å². The van der Waals surface area contributed by atoms with E-state index in [1.807, 2.05) is 97.1 Å². The maximum Gasteiger partial charge on any atom is 0.224 e. The topological polar surface area (TPSA) is 59.6 Å². The van der Waals surface area contributed by atoms with Crippen LogP contribution in [0.5, 0.6) is 17.4 Å². The van der Waals surface area contributed by atoms with Crippen molar-refractivity contribution in [3.8, 4) is 34.5 Å². The summed E-state index contributed by atoms with van der Waals surface area (Å²) >= 11 is 5.96. The highest BCUT2D eigenvalue weighted by atomic mass is 35.5. The van der Waals surface area contributed by atoms with Crippen molar-refractivity contribution in [3.05, 3.63) is 130 Å². The molecule has 6 rings (SSSR count). The number of rotatable bonds is 5. The molecule has 174 valence electrons. The molecule has 1 aliphatic heterocycles. The molecule has 1 N–H and O–H groups in total. The number of fused-ring (bicyclic) bond motifs is 1. The molecular formula is C30H20ClN3O2. The van der Waals surface area contributed by atoms with E-state index in [1.54, 1.807) is 22.8 Å². The zero-order chi connectivity index (χ0) is 24.5. The number of aromatic nitrogens is 2. The number of para-hydroxylation sites is 1. The van der Waals surface area contributed by atoms with Gasteiger partial charge in [-0.1, -0.05) is 60.1 Å². The number of hydrogen-bond donors (Lipinski definition) is 1. The fraction of sp³-hybridized carbons (Fsp3) is 0. The predicted octanol–water partition coefficient (Wildman–Crippen LogP) is 6.15. The van der Waals surface area contributed by atoms with Crippen LogP contribution in [0.25, 0.3) is 29.2 Å². The van der Waals surface area contributed by atoms with Gasteiger partial charge in [-0.05, 0) is 66.7 Å². The number of allylic oxidation sites excluding steroid dienone is 1. The number of nitrogens with zero attached hydrogens (tertiary/aromatic N) is 3. The maximum absolute atomic E-state index is 11.3. The Bertz CT molecular complexity index is 1670. The first-order chi connectivity index (χ1) is 17.6. The van der Waals surface area contributed by atoms with Crippen LogP contribution in [-0.2, 0) is 0 Å². The molecule has 0 radical (unpaired) electrons. The zero-order valence-electron chi connectivity index (χ0n) is 19.0. The second-order valence-corrected chi connectivity index (χ2v) is 8.72. The summed E-state index contributed by atoms with van der Waals surface area (Å²) in [6, 6.07) is 32.4. The summed E-state index contributed by atoms with van der Waals surface area (Å²) in [7, 11) is 0. The Morgan fingerprint density at radius 1 is 0.778 bits per heavy atom. The first kappa shape index (κ1) is 21.9. The van der Waals surface area contributed by atoms with Crippen LogP contribution < -0.4 is 15.3 Å². The van der Waals surface area contributed by atoms with E-state index in [0.717, 1.165) is 27.5 Å². The Kier molecular flexibility index (Phi) is 5.60. The third-order valence-corrected chi connectivity index (χ3v) is 6.08. The molecule has 0 unspecified atom stereocenters. The molecule has 1 aliphatic rings. The monoisotopic (exact) mass is 489 g/mol. The minimum Gasteiger partial charge on any atom is -0.493 e. The van der Waals surface area contributed by atoms with Gasteiger partial charge in [0.25, 0.3) is 0 Å². The lowest BCUT2D eigenvalue weighted by molar-refractivity contribution is 0.442. The molecule has 0 amide bonds. The van der Waals surface area contributed by atoms with Crippen molar-refractivity contribution in [2.24, 2.45) is 4.99 Å². The average Bonchev–Trinajstić information content (AvgIpc) is 3.47. The SMILES string of the molecule is Oc1c(/C=C2\C=c3ccccc3=N2)nc(-c2ccccc2)n1-c1ccc(Oc2ccc(Cl)cc2)cc1. The van der Waals surface area contributed by atoms with Crippen molar-refractivity contribution < 1.29 is 9.84 Å². The van der Waals surface area contributed by atoms with Crippen molar-refractivity contribution in [2.45, 2.75) is 0 Å². The normalized spacial score (nSPS) is 13.2. The highest BCUT2D eigenvalue weighted by Crippen LogP contribution is 2.33. The van der Waals surface area contributed by atoms with Gasteiger partial charge in [-0.15, -0.1) is 0 Å². The molecule has 36 heavy (non-hydrogen) atoms. The van der Waals surface area contributed by atoms with Crippen molar-refractivity contribution in [1.82, 2.24) is 9.55 Å². The lowest BCUT2D eigenvalue weighted by Crippen LogP contribution is -2.19. The van der Waals surface area contributed by atoms with Gasteiger partial charge in [0.15, 0.2) is 0 Å². The van der Waals surface area contributed by atoms with Gasteiger partial charge in [0.1, 0.15) is 23.0 Å². The van der Waals surface area contributed by atoms with E-state index in [-0.39, 0.29) is 5.88 Å². The Balaban J connectivity index is 1.40. The molecule has 0 saturated carbocycles. The van der Waals surface area contributed by atoms with Gasteiger partial charge in [0.2, 0.25) is 5.88 Å². The molecule has 0 bridgehead atoms. The largest absolute Gasteiger partial charge is 0.493 e. The van der Waals surface area contributed by atoms with E-state index in [1.165, 1.54) is 0 Å². The maximum atomic E-state index is 11.3. The highest BCUT2D eigenvalue weighted by Gasteiger charge is 2.19. The number of aromatic hydroxyl groups is 1. The van der Waals surface area contributed by atoms with Gasteiger partial charge >= 0.3 is 0 Å². The fourth-order valence-electron chi connectivity index (χ4n) is 4.11. The second-order valence-electron chi connectivity index (χ2n) is 8.28. The molecule has 0 atom stereocenters. The lowest BCUT2D eigenvalue weighted by Gasteiger charge is -2.11. The number of halogens is 1. The molecule has 0 aliphatic carbocycles. The van der Waals surface area contributed by atoms with E-state index >= 15 is 0 Å². The molecule has 0 saturated heterocycles. The Hall–Kier alpha value is -4.61. The van der Waals surface area contributed by atoms with E-state index in [0.29, 0.717) is 28.0 Å². The molecule has 6 heteroatoms. The van der Waals surface area contributed by atoms with Crippen LogP contribution in [0.15, 0.2) is 114 Å². The molecule has 0 fully saturated rings. The Morgan fingerprint density at radius 2 is 1.44 bits per heavy atom. The zero-order valence-corrected chi connectivity index (χ0v) is 19.8. The summed E-state index contributed by atoms with van der Waals surface area (Å²) in [6.45, 7) is 0. The van der Waals surface area contributed by atoms with Crippen LogP contribution in [0.1, 0.15) is 5.69 Å². The van der Waals surface area contributed by atoms with Crippen LogP contribution in [0, 0.1) is 0 Å². The Morgan fingerprint density at radius 3 is 2.17 bits per heavy atom. The van der Waals surface area contributed by atoms with Crippen molar-refractivity contribution in [1.29, 1.82) is 0 Å². The number of benzene rings is 4. The quantitative estimate of drug-likeness (QED) is 0.322. The van der Waals surface area contributed by atoms with Crippen molar-refractivity contribution in [3.63, 3.8) is 0 Å². The molecule has 0 spiro atoms. The standard InChI is InChI=1S/C30H20ClN3O2/c31-22-10-14-25(15-11-22)36-26-16-12-24(13-17-26)34-29(20-6-2-1-3-7-20)33-28(30(34)35)19-23-18-21-8-4-5-9-27(21)32-23/h1-19,35H/b23-19+. The highest BCUT2D eigenvalue weighted by molar-refractivity contribution is 6.30. The van der Waals surface area contributed by atoms with E-state index in [9.17, 15) is 5.11 Å². The van der Waals surface area contributed by atoms with Gasteiger partial charge in [-0.25, -0.2) is 9.98 Å². The summed E-state index contributed by atoms with van der Waals surface area (Å²) in [4.78, 5) is 9.44. The summed E-state index contributed by atoms with van der Waals surface area (Å²) in [5.74, 6) is 2.02. The van der Waals surface area contributed by atoms with Gasteiger partial charge in [0, 0.05) is 15.8 Å². The van der Waals surface area contributed by atoms with Crippen LogP contribution in [-0.4, -0.2) is 14.7 Å². The molecule has 5 nitrogen and oxygen atoms in total. The summed E-state index contributed by atoms with van der Waals surface area (Å²) in [6.07, 6.45) is 3.79.